The van der Waals surface area contributed by atoms with E-state index < -0.39 is 11.7 Å². The molecule has 0 spiro atoms. The van der Waals surface area contributed by atoms with Crippen LogP contribution in [-0.2, 0) is 4.79 Å². The number of hydrogen-bond acceptors (Lipinski definition) is 4. The van der Waals surface area contributed by atoms with Crippen LogP contribution < -0.4 is 5.32 Å². The number of hydrogen-bond donors (Lipinski definition) is 1. The predicted molar refractivity (Wildman–Crippen MR) is 115 cm³/mol. The van der Waals surface area contributed by atoms with Crippen molar-refractivity contribution in [2.75, 3.05) is 5.32 Å². The number of nitrogens with one attached hydrogen (secondary N) is 1. The van der Waals surface area contributed by atoms with Gasteiger partial charge in [-0.05, 0) is 54.6 Å². The molecular weight excluding hydrogens is 393 g/mol. The van der Waals surface area contributed by atoms with E-state index in [2.05, 4.69) is 15.4 Å². The fraction of sp³-hybridized carbons (Fsp3) is 0. The van der Waals surface area contributed by atoms with Crippen molar-refractivity contribution in [3.63, 3.8) is 0 Å². The van der Waals surface area contributed by atoms with E-state index in [4.69, 9.17) is 0 Å². The zero-order valence-electron chi connectivity index (χ0n) is 16.2. The molecule has 0 aliphatic carbocycles. The van der Waals surface area contributed by atoms with Crippen molar-refractivity contribution in [1.82, 2.24) is 14.8 Å². The van der Waals surface area contributed by atoms with Crippen LogP contribution in [0.1, 0.15) is 5.56 Å². The van der Waals surface area contributed by atoms with E-state index in [0.717, 1.165) is 11.3 Å². The van der Waals surface area contributed by atoms with E-state index in [1.165, 1.54) is 30.3 Å². The van der Waals surface area contributed by atoms with E-state index in [0.29, 0.717) is 16.9 Å². The number of carbonyl (C=O) groups is 1. The van der Waals surface area contributed by atoms with Gasteiger partial charge in [0.05, 0.1) is 5.69 Å². The summed E-state index contributed by atoms with van der Waals surface area (Å²) in [6.45, 7) is 0. The molecule has 0 bridgehead atoms. The number of halogens is 1. The minimum absolute atomic E-state index is 0.109. The van der Waals surface area contributed by atoms with Crippen LogP contribution in [0, 0.1) is 17.1 Å². The van der Waals surface area contributed by atoms with Gasteiger partial charge in [-0.25, -0.2) is 9.07 Å². The summed E-state index contributed by atoms with van der Waals surface area (Å²) in [5.41, 5.74) is 3.03. The van der Waals surface area contributed by atoms with Crippen LogP contribution in [0.3, 0.4) is 0 Å². The molecule has 0 saturated heterocycles. The molecule has 0 aliphatic heterocycles. The highest BCUT2D eigenvalue weighted by Crippen LogP contribution is 2.25. The van der Waals surface area contributed by atoms with Crippen molar-refractivity contribution in [3.05, 3.63) is 102 Å². The Morgan fingerprint density at radius 3 is 2.52 bits per heavy atom. The van der Waals surface area contributed by atoms with Crippen molar-refractivity contribution in [2.45, 2.75) is 0 Å². The second kappa shape index (κ2) is 8.84. The molecule has 1 amide bonds. The molecule has 4 aromatic rings. The lowest BCUT2D eigenvalue weighted by molar-refractivity contribution is -0.112. The van der Waals surface area contributed by atoms with Gasteiger partial charge in [-0.3, -0.25) is 9.78 Å². The number of carbonyl (C=O) groups excluding carboxylic acids is 1. The highest BCUT2D eigenvalue weighted by atomic mass is 19.1. The van der Waals surface area contributed by atoms with Crippen LogP contribution in [0.4, 0.5) is 10.1 Å². The summed E-state index contributed by atoms with van der Waals surface area (Å²) in [7, 11) is 0. The number of pyridine rings is 1. The SMILES string of the molecule is N#CC(=Cc1cn(-c2ccccc2)nc1-c1cccnc1)C(=O)Nc1ccc(F)cc1. The van der Waals surface area contributed by atoms with Gasteiger partial charge in [-0.15, -0.1) is 0 Å². The molecule has 0 radical (unpaired) electrons. The normalized spacial score (nSPS) is 11.0. The lowest BCUT2D eigenvalue weighted by Crippen LogP contribution is -2.13. The molecule has 4 rings (SSSR count). The fourth-order valence-electron chi connectivity index (χ4n) is 2.97. The summed E-state index contributed by atoms with van der Waals surface area (Å²) in [5, 5.41) is 16.8. The number of nitriles is 1. The van der Waals surface area contributed by atoms with Gasteiger partial charge in [0.15, 0.2) is 0 Å². The first kappa shape index (κ1) is 19.7. The smallest absolute Gasteiger partial charge is 0.266 e. The monoisotopic (exact) mass is 409 g/mol. The van der Waals surface area contributed by atoms with Gasteiger partial charge in [-0.1, -0.05) is 18.2 Å². The van der Waals surface area contributed by atoms with Crippen molar-refractivity contribution >= 4 is 17.7 Å². The molecule has 2 aromatic heterocycles. The Morgan fingerprint density at radius 2 is 1.84 bits per heavy atom. The lowest BCUT2D eigenvalue weighted by atomic mass is 10.1. The molecular formula is C24H16FN5O. The van der Waals surface area contributed by atoms with Crippen LogP contribution in [0.15, 0.2) is 90.9 Å². The summed E-state index contributed by atoms with van der Waals surface area (Å²) in [6, 6.07) is 20.4. The fourth-order valence-corrected chi connectivity index (χ4v) is 2.97. The number of para-hydroxylation sites is 1. The standard InChI is InChI=1S/C24H16FN5O/c25-20-8-10-21(11-9-20)28-24(31)18(14-26)13-19-16-30(22-6-2-1-3-7-22)29-23(19)17-5-4-12-27-15-17/h1-13,15-16H,(H,28,31). The lowest BCUT2D eigenvalue weighted by Gasteiger charge is -2.04. The maximum atomic E-state index is 13.1. The van der Waals surface area contributed by atoms with Gasteiger partial charge in [0.25, 0.3) is 5.91 Å². The Bertz CT molecular complexity index is 1270. The van der Waals surface area contributed by atoms with Crippen LogP contribution in [-0.4, -0.2) is 20.7 Å². The molecule has 0 saturated carbocycles. The van der Waals surface area contributed by atoms with Gasteiger partial charge in [0.1, 0.15) is 23.2 Å². The average Bonchev–Trinajstić information content (AvgIpc) is 3.24. The number of amides is 1. The third kappa shape index (κ3) is 4.54. The number of anilines is 1. The van der Waals surface area contributed by atoms with Crippen LogP contribution >= 0.6 is 0 Å². The van der Waals surface area contributed by atoms with Gasteiger partial charge in [0, 0.05) is 35.4 Å². The van der Waals surface area contributed by atoms with E-state index in [9.17, 15) is 14.4 Å². The Kier molecular flexibility index (Phi) is 5.63. The summed E-state index contributed by atoms with van der Waals surface area (Å²) in [6.07, 6.45) is 6.55. The summed E-state index contributed by atoms with van der Waals surface area (Å²) < 4.78 is 14.8. The van der Waals surface area contributed by atoms with Crippen molar-refractivity contribution in [2.24, 2.45) is 0 Å². The number of benzene rings is 2. The van der Waals surface area contributed by atoms with Crippen molar-refractivity contribution in [1.29, 1.82) is 5.26 Å². The number of nitrogens with zero attached hydrogens (tertiary/aromatic N) is 4. The molecule has 0 aliphatic rings. The average molecular weight is 409 g/mol. The Balaban J connectivity index is 1.73. The minimum atomic E-state index is -0.598. The first-order chi connectivity index (χ1) is 15.1. The summed E-state index contributed by atoms with van der Waals surface area (Å²) in [5.74, 6) is -1.01. The highest BCUT2D eigenvalue weighted by molar-refractivity contribution is 6.10. The third-order valence-electron chi connectivity index (χ3n) is 4.47. The van der Waals surface area contributed by atoms with E-state index >= 15 is 0 Å². The zero-order chi connectivity index (χ0) is 21.6. The molecule has 1 N–H and O–H groups in total. The Hall–Kier alpha value is -4.57. The summed E-state index contributed by atoms with van der Waals surface area (Å²) >= 11 is 0. The second-order valence-corrected chi connectivity index (χ2v) is 6.59. The molecule has 0 unspecified atom stereocenters. The molecule has 0 atom stereocenters. The van der Waals surface area contributed by atoms with Crippen molar-refractivity contribution < 1.29 is 9.18 Å². The van der Waals surface area contributed by atoms with Crippen LogP contribution in [0.5, 0.6) is 0 Å². The molecule has 2 aromatic carbocycles. The second-order valence-electron chi connectivity index (χ2n) is 6.59. The molecule has 31 heavy (non-hydrogen) atoms. The van der Waals surface area contributed by atoms with E-state index in [1.807, 2.05) is 42.5 Å². The van der Waals surface area contributed by atoms with Gasteiger partial charge < -0.3 is 5.32 Å². The first-order valence-electron chi connectivity index (χ1n) is 9.38. The highest BCUT2D eigenvalue weighted by Gasteiger charge is 2.15. The van der Waals surface area contributed by atoms with E-state index in [1.54, 1.807) is 29.3 Å². The zero-order valence-corrected chi connectivity index (χ0v) is 16.2. The molecule has 150 valence electrons. The minimum Gasteiger partial charge on any atom is -0.321 e. The van der Waals surface area contributed by atoms with Crippen molar-refractivity contribution in [3.8, 4) is 23.0 Å². The Morgan fingerprint density at radius 1 is 1.06 bits per heavy atom. The van der Waals surface area contributed by atoms with Gasteiger partial charge in [0.2, 0.25) is 0 Å². The van der Waals surface area contributed by atoms with Gasteiger partial charge >= 0.3 is 0 Å². The van der Waals surface area contributed by atoms with Gasteiger partial charge in [-0.2, -0.15) is 10.4 Å². The Labute approximate surface area is 177 Å². The summed E-state index contributed by atoms with van der Waals surface area (Å²) in [4.78, 5) is 16.8. The molecule has 0 fully saturated rings. The largest absolute Gasteiger partial charge is 0.321 e. The molecule has 7 heteroatoms. The number of aromatic nitrogens is 3. The van der Waals surface area contributed by atoms with E-state index in [-0.39, 0.29) is 5.57 Å². The first-order valence-corrected chi connectivity index (χ1v) is 9.38. The quantitative estimate of drug-likeness (QED) is 0.385. The third-order valence-corrected chi connectivity index (χ3v) is 4.47. The molecule has 6 nitrogen and oxygen atoms in total. The number of rotatable bonds is 5. The maximum absolute atomic E-state index is 13.1. The maximum Gasteiger partial charge on any atom is 0.266 e. The topological polar surface area (TPSA) is 83.6 Å². The van der Waals surface area contributed by atoms with Crippen LogP contribution in [0.2, 0.25) is 0 Å². The van der Waals surface area contributed by atoms with Crippen LogP contribution in [0.25, 0.3) is 23.0 Å². The molecule has 2 heterocycles. The predicted octanol–water partition coefficient (Wildman–Crippen LogP) is 4.62.